The molecule has 3 N–H and O–H groups in total. The molecule has 0 aliphatic carbocycles. The van der Waals surface area contributed by atoms with Crippen LogP contribution < -0.4 is 10.5 Å². The molecule has 0 fully saturated rings. The Morgan fingerprint density at radius 2 is 2.00 bits per heavy atom. The van der Waals surface area contributed by atoms with Gasteiger partial charge in [0, 0.05) is 14.1 Å². The highest BCUT2D eigenvalue weighted by molar-refractivity contribution is 7.89. The highest BCUT2D eigenvalue weighted by Gasteiger charge is 2.13. The summed E-state index contributed by atoms with van der Waals surface area (Å²) in [6.45, 7) is 1.77. The first kappa shape index (κ1) is 14.5. The molecule has 2 amide bonds. The largest absolute Gasteiger partial charge is 0.331 e. The van der Waals surface area contributed by atoms with E-state index in [1.54, 1.807) is 33.2 Å². The summed E-state index contributed by atoms with van der Waals surface area (Å²) < 4.78 is 22.4. The lowest BCUT2D eigenvalue weighted by molar-refractivity contribution is 0.214. The average molecular weight is 271 g/mol. The first-order valence-corrected chi connectivity index (χ1v) is 6.87. The van der Waals surface area contributed by atoms with E-state index in [-0.39, 0.29) is 17.0 Å². The Kier molecular flexibility index (Phi) is 4.31. The number of sulfonamides is 1. The van der Waals surface area contributed by atoms with Gasteiger partial charge in [-0.25, -0.2) is 18.4 Å². The molecule has 0 saturated carbocycles. The van der Waals surface area contributed by atoms with Crippen molar-refractivity contribution in [3.8, 4) is 0 Å². The summed E-state index contributed by atoms with van der Waals surface area (Å²) >= 11 is 0. The van der Waals surface area contributed by atoms with E-state index in [0.717, 1.165) is 0 Å². The van der Waals surface area contributed by atoms with Crippen LogP contribution in [-0.2, 0) is 10.0 Å². The van der Waals surface area contributed by atoms with E-state index >= 15 is 0 Å². The third kappa shape index (κ3) is 3.71. The molecule has 7 heteroatoms. The van der Waals surface area contributed by atoms with E-state index in [1.165, 1.54) is 17.0 Å². The monoisotopic (exact) mass is 271 g/mol. The first-order chi connectivity index (χ1) is 8.21. The zero-order valence-corrected chi connectivity index (χ0v) is 11.4. The lowest BCUT2D eigenvalue weighted by atomic mass is 10.1. The SMILES string of the molecule is CC(NC(=O)N(C)C)c1cccc(S(N)(=O)=O)c1. The number of benzene rings is 1. The van der Waals surface area contributed by atoms with Crippen LogP contribution in [0.3, 0.4) is 0 Å². The van der Waals surface area contributed by atoms with Gasteiger partial charge in [-0.3, -0.25) is 0 Å². The van der Waals surface area contributed by atoms with Gasteiger partial charge in [0.25, 0.3) is 0 Å². The summed E-state index contributed by atoms with van der Waals surface area (Å²) in [6, 6.07) is 5.64. The van der Waals surface area contributed by atoms with Crippen molar-refractivity contribution < 1.29 is 13.2 Å². The zero-order chi connectivity index (χ0) is 13.9. The third-order valence-corrected chi connectivity index (χ3v) is 3.34. The number of carbonyl (C=O) groups excluding carboxylic acids is 1. The van der Waals surface area contributed by atoms with Crippen LogP contribution in [0.15, 0.2) is 29.2 Å². The van der Waals surface area contributed by atoms with Gasteiger partial charge in [-0.1, -0.05) is 12.1 Å². The number of hydrogen-bond donors (Lipinski definition) is 2. The van der Waals surface area contributed by atoms with Crippen LogP contribution in [0.4, 0.5) is 4.79 Å². The lowest BCUT2D eigenvalue weighted by Gasteiger charge is -2.18. The number of nitrogens with two attached hydrogens (primary N) is 1. The van der Waals surface area contributed by atoms with Crippen LogP contribution in [-0.4, -0.2) is 33.4 Å². The van der Waals surface area contributed by atoms with E-state index < -0.39 is 10.0 Å². The third-order valence-electron chi connectivity index (χ3n) is 2.43. The van der Waals surface area contributed by atoms with Gasteiger partial charge < -0.3 is 10.2 Å². The number of carbonyl (C=O) groups is 1. The molecule has 0 aromatic heterocycles. The fourth-order valence-corrected chi connectivity index (χ4v) is 1.93. The number of hydrogen-bond acceptors (Lipinski definition) is 3. The molecule has 0 bridgehead atoms. The van der Waals surface area contributed by atoms with Crippen molar-refractivity contribution in [1.29, 1.82) is 0 Å². The highest BCUT2D eigenvalue weighted by Crippen LogP contribution is 2.16. The molecule has 1 rings (SSSR count). The van der Waals surface area contributed by atoms with Crippen LogP contribution in [0.25, 0.3) is 0 Å². The number of nitrogens with zero attached hydrogens (tertiary/aromatic N) is 1. The van der Waals surface area contributed by atoms with Crippen LogP contribution in [0.2, 0.25) is 0 Å². The van der Waals surface area contributed by atoms with Gasteiger partial charge in [-0.2, -0.15) is 0 Å². The molecule has 0 heterocycles. The van der Waals surface area contributed by atoms with Crippen LogP contribution in [0, 0.1) is 0 Å². The fraction of sp³-hybridized carbons (Fsp3) is 0.364. The van der Waals surface area contributed by atoms with E-state index in [0.29, 0.717) is 5.56 Å². The predicted molar refractivity (Wildman–Crippen MR) is 68.4 cm³/mol. The lowest BCUT2D eigenvalue weighted by Crippen LogP contribution is -2.36. The molecule has 100 valence electrons. The average Bonchev–Trinajstić information content (AvgIpc) is 2.27. The van der Waals surface area contributed by atoms with Gasteiger partial charge in [0.2, 0.25) is 10.0 Å². The van der Waals surface area contributed by atoms with Gasteiger partial charge in [0.05, 0.1) is 10.9 Å². The Balaban J connectivity index is 2.94. The topological polar surface area (TPSA) is 92.5 Å². The number of rotatable bonds is 3. The molecular weight excluding hydrogens is 254 g/mol. The molecule has 1 unspecified atom stereocenters. The smallest absolute Gasteiger partial charge is 0.317 e. The summed E-state index contributed by atoms with van der Waals surface area (Å²) in [5, 5.41) is 7.78. The predicted octanol–water partition coefficient (Wildman–Crippen LogP) is 0.666. The summed E-state index contributed by atoms with van der Waals surface area (Å²) in [5.41, 5.74) is 0.678. The molecule has 0 radical (unpaired) electrons. The second-order valence-electron chi connectivity index (χ2n) is 4.18. The molecule has 0 aliphatic rings. The molecule has 1 aromatic carbocycles. The Bertz CT molecular complexity index is 540. The van der Waals surface area contributed by atoms with Crippen molar-refractivity contribution in [2.75, 3.05) is 14.1 Å². The number of primary sulfonamides is 1. The Hall–Kier alpha value is -1.60. The zero-order valence-electron chi connectivity index (χ0n) is 10.5. The Labute approximate surface area is 107 Å². The molecule has 6 nitrogen and oxygen atoms in total. The summed E-state index contributed by atoms with van der Waals surface area (Å²) in [5.74, 6) is 0. The standard InChI is InChI=1S/C11H17N3O3S/c1-8(13-11(15)14(2)3)9-5-4-6-10(7-9)18(12,16)17/h4-8H,1-3H3,(H,13,15)(H2,12,16,17). The number of urea groups is 1. The number of amides is 2. The maximum atomic E-state index is 11.5. The molecular formula is C11H17N3O3S. The van der Waals surface area contributed by atoms with E-state index in [4.69, 9.17) is 5.14 Å². The molecule has 0 saturated heterocycles. The Morgan fingerprint density at radius 3 is 2.50 bits per heavy atom. The molecule has 1 atom stereocenters. The molecule has 1 aromatic rings. The molecule has 0 spiro atoms. The van der Waals surface area contributed by atoms with Crippen LogP contribution >= 0.6 is 0 Å². The number of nitrogens with one attached hydrogen (secondary N) is 1. The first-order valence-electron chi connectivity index (χ1n) is 5.32. The van der Waals surface area contributed by atoms with E-state index in [9.17, 15) is 13.2 Å². The van der Waals surface area contributed by atoms with E-state index in [1.807, 2.05) is 0 Å². The normalized spacial score (nSPS) is 12.9. The van der Waals surface area contributed by atoms with Gasteiger partial charge in [0.1, 0.15) is 0 Å². The van der Waals surface area contributed by atoms with Gasteiger partial charge >= 0.3 is 6.03 Å². The fourth-order valence-electron chi connectivity index (χ4n) is 1.36. The summed E-state index contributed by atoms with van der Waals surface area (Å²) in [6.07, 6.45) is 0. The highest BCUT2D eigenvalue weighted by atomic mass is 32.2. The maximum absolute atomic E-state index is 11.5. The van der Waals surface area contributed by atoms with Crippen molar-refractivity contribution in [3.63, 3.8) is 0 Å². The van der Waals surface area contributed by atoms with Crippen molar-refractivity contribution in [2.45, 2.75) is 17.9 Å². The second-order valence-corrected chi connectivity index (χ2v) is 5.74. The minimum Gasteiger partial charge on any atom is -0.331 e. The molecule has 18 heavy (non-hydrogen) atoms. The minimum absolute atomic E-state index is 0.0333. The van der Waals surface area contributed by atoms with Crippen molar-refractivity contribution in [1.82, 2.24) is 10.2 Å². The quantitative estimate of drug-likeness (QED) is 0.846. The van der Waals surface area contributed by atoms with Crippen molar-refractivity contribution in [2.24, 2.45) is 5.14 Å². The van der Waals surface area contributed by atoms with Gasteiger partial charge in [-0.15, -0.1) is 0 Å². The Morgan fingerprint density at radius 1 is 1.39 bits per heavy atom. The minimum atomic E-state index is -3.73. The van der Waals surface area contributed by atoms with Gasteiger partial charge in [-0.05, 0) is 24.6 Å². The van der Waals surface area contributed by atoms with Crippen LogP contribution in [0.5, 0.6) is 0 Å². The van der Waals surface area contributed by atoms with Crippen molar-refractivity contribution >= 4 is 16.1 Å². The van der Waals surface area contributed by atoms with Crippen molar-refractivity contribution in [3.05, 3.63) is 29.8 Å². The van der Waals surface area contributed by atoms with E-state index in [2.05, 4.69) is 5.32 Å². The van der Waals surface area contributed by atoms with Crippen LogP contribution in [0.1, 0.15) is 18.5 Å². The maximum Gasteiger partial charge on any atom is 0.317 e. The molecule has 0 aliphatic heterocycles. The second kappa shape index (κ2) is 5.36. The summed E-state index contributed by atoms with van der Waals surface area (Å²) in [4.78, 5) is 12.9. The summed E-state index contributed by atoms with van der Waals surface area (Å²) in [7, 11) is -0.471. The van der Waals surface area contributed by atoms with Gasteiger partial charge in [0.15, 0.2) is 0 Å².